The highest BCUT2D eigenvalue weighted by Gasteiger charge is 2.27. The van der Waals surface area contributed by atoms with E-state index in [1.807, 2.05) is 13.0 Å². The van der Waals surface area contributed by atoms with E-state index < -0.39 is 0 Å². The fourth-order valence-electron chi connectivity index (χ4n) is 2.80. The van der Waals surface area contributed by atoms with Crippen LogP contribution in [0.2, 0.25) is 0 Å². The first-order valence-corrected chi connectivity index (χ1v) is 6.79. The van der Waals surface area contributed by atoms with Crippen molar-refractivity contribution in [2.45, 2.75) is 33.2 Å². The van der Waals surface area contributed by atoms with Gasteiger partial charge in [0.25, 0.3) is 0 Å². The molecule has 0 aliphatic carbocycles. The van der Waals surface area contributed by atoms with Crippen molar-refractivity contribution in [3.8, 4) is 0 Å². The predicted molar refractivity (Wildman–Crippen MR) is 74.2 cm³/mol. The molecule has 0 aromatic heterocycles. The lowest BCUT2D eigenvalue weighted by molar-refractivity contribution is 0.422. The zero-order chi connectivity index (χ0) is 13.3. The molecule has 0 bridgehead atoms. The average molecular weight is 250 g/mol. The first kappa shape index (κ1) is 13.3. The second-order valence-corrected chi connectivity index (χ2v) is 5.70. The Kier molecular flexibility index (Phi) is 3.91. The van der Waals surface area contributed by atoms with Gasteiger partial charge in [0, 0.05) is 30.4 Å². The molecule has 2 unspecified atom stereocenters. The minimum atomic E-state index is -0.265. The molecule has 2 rings (SSSR count). The molecule has 1 aliphatic heterocycles. The third-order valence-corrected chi connectivity index (χ3v) is 3.99. The Bertz CT molecular complexity index is 415. The monoisotopic (exact) mass is 250 g/mol. The third-order valence-electron chi connectivity index (χ3n) is 3.99. The van der Waals surface area contributed by atoms with Crippen molar-refractivity contribution in [3.63, 3.8) is 0 Å². The van der Waals surface area contributed by atoms with Crippen molar-refractivity contribution in [3.05, 3.63) is 29.6 Å². The first-order chi connectivity index (χ1) is 8.50. The second-order valence-electron chi connectivity index (χ2n) is 5.70. The van der Waals surface area contributed by atoms with Gasteiger partial charge in [-0.15, -0.1) is 0 Å². The number of anilines is 1. The molecule has 1 aromatic rings. The molecule has 0 spiro atoms. The molecule has 1 aliphatic rings. The lowest BCUT2D eigenvalue weighted by Gasteiger charge is -2.24. The number of nitrogens with zero attached hydrogens (tertiary/aromatic N) is 1. The van der Waals surface area contributed by atoms with Crippen molar-refractivity contribution in [1.29, 1.82) is 0 Å². The highest BCUT2D eigenvalue weighted by Crippen LogP contribution is 2.33. The van der Waals surface area contributed by atoms with Gasteiger partial charge in [-0.3, -0.25) is 0 Å². The fourth-order valence-corrected chi connectivity index (χ4v) is 2.80. The smallest absolute Gasteiger partial charge is 0.130 e. The molecule has 0 saturated carbocycles. The van der Waals surface area contributed by atoms with E-state index in [9.17, 15) is 4.39 Å². The second kappa shape index (κ2) is 5.27. The summed E-state index contributed by atoms with van der Waals surface area (Å²) in [6.45, 7) is 8.38. The van der Waals surface area contributed by atoms with Gasteiger partial charge in [0.2, 0.25) is 0 Å². The number of halogens is 1. The number of nitrogens with two attached hydrogens (primary N) is 1. The standard InChI is InChI=1S/C15H23FN2/c1-10(2)12-7-8-18(9-12)14-6-4-5-13(16)15(14)11(3)17/h4-6,10-12H,7-9,17H2,1-3H3. The average Bonchev–Trinajstić information content (AvgIpc) is 2.77. The first-order valence-electron chi connectivity index (χ1n) is 6.79. The van der Waals surface area contributed by atoms with Gasteiger partial charge >= 0.3 is 0 Å². The van der Waals surface area contributed by atoms with E-state index in [0.29, 0.717) is 17.4 Å². The summed E-state index contributed by atoms with van der Waals surface area (Å²) < 4.78 is 13.9. The van der Waals surface area contributed by atoms with Crippen LogP contribution in [-0.4, -0.2) is 13.1 Å². The van der Waals surface area contributed by atoms with Crippen LogP contribution >= 0.6 is 0 Å². The summed E-state index contributed by atoms with van der Waals surface area (Å²) in [6, 6.07) is 5.00. The van der Waals surface area contributed by atoms with Gasteiger partial charge in [0.05, 0.1) is 0 Å². The van der Waals surface area contributed by atoms with E-state index in [4.69, 9.17) is 5.73 Å². The Labute approximate surface area is 109 Å². The molecular formula is C15H23FN2. The van der Waals surface area contributed by atoms with Gasteiger partial charge in [-0.25, -0.2) is 4.39 Å². The van der Waals surface area contributed by atoms with E-state index in [1.165, 1.54) is 12.5 Å². The van der Waals surface area contributed by atoms with Crippen molar-refractivity contribution in [2.24, 2.45) is 17.6 Å². The maximum absolute atomic E-state index is 13.9. The van der Waals surface area contributed by atoms with Crippen molar-refractivity contribution < 1.29 is 4.39 Å². The van der Waals surface area contributed by atoms with Crippen LogP contribution in [0.5, 0.6) is 0 Å². The lowest BCUT2D eigenvalue weighted by Crippen LogP contribution is -2.24. The third kappa shape index (κ3) is 2.51. The molecule has 1 saturated heterocycles. The molecule has 1 aromatic carbocycles. The summed E-state index contributed by atoms with van der Waals surface area (Å²) in [5.41, 5.74) is 7.55. The van der Waals surface area contributed by atoms with Crippen LogP contribution in [0, 0.1) is 17.7 Å². The molecule has 100 valence electrons. The normalized spacial score (nSPS) is 21.7. The highest BCUT2D eigenvalue weighted by atomic mass is 19.1. The van der Waals surface area contributed by atoms with Gasteiger partial charge in [-0.1, -0.05) is 19.9 Å². The van der Waals surface area contributed by atoms with E-state index in [2.05, 4.69) is 18.7 Å². The Morgan fingerprint density at radius 2 is 2.06 bits per heavy atom. The molecule has 2 N–H and O–H groups in total. The Balaban J connectivity index is 2.27. The van der Waals surface area contributed by atoms with Crippen LogP contribution in [0.15, 0.2) is 18.2 Å². The SMILES string of the molecule is CC(N)c1c(F)cccc1N1CCC(C(C)C)C1. The van der Waals surface area contributed by atoms with Crippen LogP contribution < -0.4 is 10.6 Å². The van der Waals surface area contributed by atoms with Crippen molar-refractivity contribution >= 4 is 5.69 Å². The van der Waals surface area contributed by atoms with E-state index in [0.717, 1.165) is 18.8 Å². The number of hydrogen-bond donors (Lipinski definition) is 1. The van der Waals surface area contributed by atoms with Crippen LogP contribution in [0.3, 0.4) is 0 Å². The van der Waals surface area contributed by atoms with E-state index in [1.54, 1.807) is 6.07 Å². The van der Waals surface area contributed by atoms with Crippen LogP contribution in [-0.2, 0) is 0 Å². The Morgan fingerprint density at radius 1 is 1.33 bits per heavy atom. The maximum Gasteiger partial charge on any atom is 0.130 e. The van der Waals surface area contributed by atoms with Crippen LogP contribution in [0.25, 0.3) is 0 Å². The van der Waals surface area contributed by atoms with Gasteiger partial charge in [0.1, 0.15) is 5.82 Å². The largest absolute Gasteiger partial charge is 0.371 e. The van der Waals surface area contributed by atoms with Gasteiger partial charge in [0.15, 0.2) is 0 Å². The maximum atomic E-state index is 13.9. The topological polar surface area (TPSA) is 29.3 Å². The van der Waals surface area contributed by atoms with Crippen molar-refractivity contribution in [2.75, 3.05) is 18.0 Å². The quantitative estimate of drug-likeness (QED) is 0.891. The zero-order valence-electron chi connectivity index (χ0n) is 11.5. The number of rotatable bonds is 3. The molecule has 2 atom stereocenters. The van der Waals surface area contributed by atoms with Crippen molar-refractivity contribution in [1.82, 2.24) is 0 Å². The molecule has 3 heteroatoms. The molecule has 2 nitrogen and oxygen atoms in total. The van der Waals surface area contributed by atoms with Crippen LogP contribution in [0.1, 0.15) is 38.8 Å². The summed E-state index contributed by atoms with van der Waals surface area (Å²) in [4.78, 5) is 2.28. The minimum Gasteiger partial charge on any atom is -0.371 e. The van der Waals surface area contributed by atoms with Gasteiger partial charge in [-0.05, 0) is 37.3 Å². The molecule has 18 heavy (non-hydrogen) atoms. The number of hydrogen-bond acceptors (Lipinski definition) is 2. The predicted octanol–water partition coefficient (Wildman–Crippen LogP) is 3.33. The molecule has 1 heterocycles. The molecule has 1 fully saturated rings. The van der Waals surface area contributed by atoms with E-state index in [-0.39, 0.29) is 11.9 Å². The summed E-state index contributed by atoms with van der Waals surface area (Å²) in [5, 5.41) is 0. The Hall–Kier alpha value is -1.09. The highest BCUT2D eigenvalue weighted by molar-refractivity contribution is 5.56. The summed E-state index contributed by atoms with van der Waals surface area (Å²) in [5.74, 6) is 1.20. The fraction of sp³-hybridized carbons (Fsp3) is 0.600. The molecule has 0 radical (unpaired) electrons. The zero-order valence-corrected chi connectivity index (χ0v) is 11.5. The number of benzene rings is 1. The minimum absolute atomic E-state index is 0.185. The molecular weight excluding hydrogens is 227 g/mol. The van der Waals surface area contributed by atoms with E-state index >= 15 is 0 Å². The lowest BCUT2D eigenvalue weighted by atomic mass is 9.95. The summed E-state index contributed by atoms with van der Waals surface area (Å²) >= 11 is 0. The van der Waals surface area contributed by atoms with Crippen LogP contribution in [0.4, 0.5) is 10.1 Å². The van der Waals surface area contributed by atoms with Gasteiger partial charge < -0.3 is 10.6 Å². The Morgan fingerprint density at radius 3 is 2.61 bits per heavy atom. The molecule has 0 amide bonds. The van der Waals surface area contributed by atoms with Gasteiger partial charge in [-0.2, -0.15) is 0 Å². The summed E-state index contributed by atoms with van der Waals surface area (Å²) in [6.07, 6.45) is 1.19. The summed E-state index contributed by atoms with van der Waals surface area (Å²) in [7, 11) is 0.